The molecule has 144 valence electrons. The van der Waals surface area contributed by atoms with Gasteiger partial charge in [0.2, 0.25) is 0 Å². The molecule has 1 unspecified atom stereocenters. The Hall–Kier alpha value is -1.13. The molecular formula is C20H29NO3S2. The third kappa shape index (κ3) is 10.8. The van der Waals surface area contributed by atoms with Crippen LogP contribution in [-0.4, -0.2) is 31.0 Å². The van der Waals surface area contributed by atoms with Crippen LogP contribution in [0.25, 0.3) is 0 Å². The quantitative estimate of drug-likeness (QED) is 0.207. The Balaban J connectivity index is 2.36. The topological polar surface area (TPSA) is 47.6 Å². The first-order chi connectivity index (χ1) is 12.4. The average molecular weight is 396 g/mol. The molecular weight excluding hydrogens is 366 g/mol. The number of ether oxygens (including phenoxy) is 2. The second-order valence-corrected chi connectivity index (χ2v) is 9.29. The van der Waals surface area contributed by atoms with Crippen molar-refractivity contribution in [1.82, 2.24) is 5.32 Å². The maximum atomic E-state index is 11.6. The number of carbonyl (C=O) groups excluding carboxylic acids is 1. The van der Waals surface area contributed by atoms with Crippen molar-refractivity contribution in [2.24, 2.45) is 5.92 Å². The van der Waals surface area contributed by atoms with Gasteiger partial charge in [0, 0.05) is 17.2 Å². The molecule has 0 fully saturated rings. The van der Waals surface area contributed by atoms with Gasteiger partial charge in [-0.15, -0.1) is 0 Å². The highest BCUT2D eigenvalue weighted by molar-refractivity contribution is 8.76. The van der Waals surface area contributed by atoms with Crippen molar-refractivity contribution in [3.8, 4) is 12.0 Å². The fourth-order valence-electron chi connectivity index (χ4n) is 1.73. The summed E-state index contributed by atoms with van der Waals surface area (Å²) in [5.74, 6) is 2.86. The summed E-state index contributed by atoms with van der Waals surface area (Å²) in [6, 6.07) is 11.0. The van der Waals surface area contributed by atoms with Crippen LogP contribution < -0.4 is 5.32 Å². The van der Waals surface area contributed by atoms with Gasteiger partial charge in [0.15, 0.2) is 0 Å². The lowest BCUT2D eigenvalue weighted by atomic mass is 10.2. The predicted octanol–water partition coefficient (Wildman–Crippen LogP) is 4.55. The fourth-order valence-corrected chi connectivity index (χ4v) is 3.94. The minimum absolute atomic E-state index is 0.0147. The Morgan fingerprint density at radius 3 is 2.42 bits per heavy atom. The molecule has 0 radical (unpaired) electrons. The number of hydrogen-bond donors (Lipinski definition) is 1. The zero-order valence-electron chi connectivity index (χ0n) is 16.2. The van der Waals surface area contributed by atoms with Gasteiger partial charge in [0.05, 0.1) is 13.2 Å². The monoisotopic (exact) mass is 395 g/mol. The second kappa shape index (κ2) is 13.1. The van der Waals surface area contributed by atoms with E-state index in [-0.39, 0.29) is 23.9 Å². The standard InChI is InChI=1S/C20H29NO3S2/c1-15(2)10-11-21-19(22)14-23-12-13-24-20(26-25-16(3)4)18-8-6-17(5)7-9-18/h6-9,15-16,20H,12-14H2,1-5H3,(H,21,22). The van der Waals surface area contributed by atoms with Gasteiger partial charge in [0.1, 0.15) is 12.0 Å². The van der Waals surface area contributed by atoms with Gasteiger partial charge in [-0.1, -0.05) is 85.0 Å². The van der Waals surface area contributed by atoms with Crippen LogP contribution in [0.4, 0.5) is 0 Å². The highest BCUT2D eigenvalue weighted by atomic mass is 33.1. The summed E-state index contributed by atoms with van der Waals surface area (Å²) in [7, 11) is 3.50. The molecule has 0 bridgehead atoms. The molecule has 0 aliphatic rings. The molecule has 26 heavy (non-hydrogen) atoms. The van der Waals surface area contributed by atoms with Crippen molar-refractivity contribution < 1.29 is 14.3 Å². The van der Waals surface area contributed by atoms with E-state index in [2.05, 4.69) is 62.3 Å². The zero-order chi connectivity index (χ0) is 19.4. The Kier molecular flexibility index (Phi) is 11.5. The molecule has 1 rings (SSSR count). The number of benzene rings is 1. The molecule has 0 aromatic heterocycles. The summed E-state index contributed by atoms with van der Waals surface area (Å²) in [4.78, 5) is 11.6. The SMILES string of the molecule is Cc1ccc(C(OCCOCC(=O)NC#CC(C)C)SSC(C)C)cc1. The summed E-state index contributed by atoms with van der Waals surface area (Å²) >= 11 is 0. The van der Waals surface area contributed by atoms with Crippen molar-refractivity contribution in [2.45, 2.75) is 45.3 Å². The van der Waals surface area contributed by atoms with Gasteiger partial charge in [-0.05, 0) is 12.5 Å². The number of rotatable bonds is 10. The van der Waals surface area contributed by atoms with E-state index in [0.29, 0.717) is 18.5 Å². The van der Waals surface area contributed by atoms with Crippen LogP contribution in [0.2, 0.25) is 0 Å². The van der Waals surface area contributed by atoms with Gasteiger partial charge < -0.3 is 9.47 Å². The molecule has 6 heteroatoms. The lowest BCUT2D eigenvalue weighted by molar-refractivity contribution is -0.125. The van der Waals surface area contributed by atoms with Crippen LogP contribution in [0.15, 0.2) is 24.3 Å². The predicted molar refractivity (Wildman–Crippen MR) is 112 cm³/mol. The Bertz CT molecular complexity index is 591. The molecule has 0 aliphatic carbocycles. The molecule has 1 aromatic carbocycles. The summed E-state index contributed by atoms with van der Waals surface area (Å²) in [5, 5.41) is 3.02. The van der Waals surface area contributed by atoms with E-state index in [4.69, 9.17) is 9.47 Å². The minimum Gasteiger partial charge on any atom is -0.369 e. The van der Waals surface area contributed by atoms with Crippen LogP contribution in [0.5, 0.6) is 0 Å². The van der Waals surface area contributed by atoms with Crippen LogP contribution in [0, 0.1) is 24.8 Å². The maximum absolute atomic E-state index is 11.6. The normalized spacial score (nSPS) is 12.0. The third-order valence-electron chi connectivity index (χ3n) is 2.98. The van der Waals surface area contributed by atoms with Gasteiger partial charge in [-0.25, -0.2) is 0 Å². The first kappa shape index (κ1) is 22.9. The molecule has 1 aromatic rings. The highest BCUT2D eigenvalue weighted by Crippen LogP contribution is 2.41. The van der Waals surface area contributed by atoms with Crippen molar-refractivity contribution >= 4 is 27.5 Å². The summed E-state index contributed by atoms with van der Waals surface area (Å²) < 4.78 is 11.3. The van der Waals surface area contributed by atoms with E-state index >= 15 is 0 Å². The van der Waals surface area contributed by atoms with Crippen molar-refractivity contribution in [2.75, 3.05) is 19.8 Å². The number of hydrogen-bond acceptors (Lipinski definition) is 5. The first-order valence-corrected chi connectivity index (χ1v) is 11.0. The highest BCUT2D eigenvalue weighted by Gasteiger charge is 2.14. The lowest BCUT2D eigenvalue weighted by Gasteiger charge is -2.18. The van der Waals surface area contributed by atoms with E-state index in [1.165, 1.54) is 5.56 Å². The number of amides is 1. The van der Waals surface area contributed by atoms with Gasteiger partial charge in [-0.2, -0.15) is 0 Å². The van der Waals surface area contributed by atoms with Crippen molar-refractivity contribution in [3.63, 3.8) is 0 Å². The van der Waals surface area contributed by atoms with Gasteiger partial charge in [-0.3, -0.25) is 10.1 Å². The lowest BCUT2D eigenvalue weighted by Crippen LogP contribution is -2.24. The molecule has 0 heterocycles. The fraction of sp³-hybridized carbons (Fsp3) is 0.550. The molecule has 0 saturated carbocycles. The molecule has 4 nitrogen and oxygen atoms in total. The maximum Gasteiger partial charge on any atom is 0.257 e. The van der Waals surface area contributed by atoms with E-state index in [9.17, 15) is 4.79 Å². The smallest absolute Gasteiger partial charge is 0.257 e. The van der Waals surface area contributed by atoms with E-state index in [1.807, 2.05) is 13.8 Å². The molecule has 0 saturated heterocycles. The minimum atomic E-state index is -0.238. The van der Waals surface area contributed by atoms with E-state index < -0.39 is 0 Å². The second-order valence-electron chi connectivity index (χ2n) is 6.38. The van der Waals surface area contributed by atoms with E-state index in [1.54, 1.807) is 21.6 Å². The Morgan fingerprint density at radius 2 is 1.81 bits per heavy atom. The van der Waals surface area contributed by atoms with Crippen LogP contribution in [0.3, 0.4) is 0 Å². The Morgan fingerprint density at radius 1 is 1.12 bits per heavy atom. The largest absolute Gasteiger partial charge is 0.369 e. The van der Waals surface area contributed by atoms with Crippen molar-refractivity contribution in [3.05, 3.63) is 35.4 Å². The Labute approximate surface area is 165 Å². The number of nitrogens with one attached hydrogen (secondary N) is 1. The summed E-state index contributed by atoms with van der Waals surface area (Å²) in [6.07, 6.45) is 0. The molecule has 1 amide bonds. The molecule has 0 spiro atoms. The number of carbonyl (C=O) groups is 1. The average Bonchev–Trinajstić information content (AvgIpc) is 2.57. The summed E-state index contributed by atoms with van der Waals surface area (Å²) in [5.41, 5.74) is 2.30. The van der Waals surface area contributed by atoms with E-state index in [0.717, 1.165) is 5.56 Å². The third-order valence-corrected chi connectivity index (χ3v) is 6.07. The molecule has 1 N–H and O–H groups in total. The van der Waals surface area contributed by atoms with Crippen molar-refractivity contribution in [1.29, 1.82) is 0 Å². The molecule has 0 aliphatic heterocycles. The molecule has 1 atom stereocenters. The summed E-state index contributed by atoms with van der Waals surface area (Å²) in [6.45, 7) is 11.1. The van der Waals surface area contributed by atoms with Crippen LogP contribution >= 0.6 is 21.6 Å². The first-order valence-electron chi connectivity index (χ1n) is 8.76. The van der Waals surface area contributed by atoms with Crippen LogP contribution in [0.1, 0.15) is 44.3 Å². The zero-order valence-corrected chi connectivity index (χ0v) is 17.8. The number of aryl methyl sites for hydroxylation is 1. The van der Waals surface area contributed by atoms with Gasteiger partial charge in [0.25, 0.3) is 5.91 Å². The van der Waals surface area contributed by atoms with Crippen LogP contribution in [-0.2, 0) is 14.3 Å². The van der Waals surface area contributed by atoms with Gasteiger partial charge >= 0.3 is 0 Å².